The van der Waals surface area contributed by atoms with Gasteiger partial charge in [-0.2, -0.15) is 5.10 Å². The summed E-state index contributed by atoms with van der Waals surface area (Å²) < 4.78 is 1.93. The summed E-state index contributed by atoms with van der Waals surface area (Å²) in [4.78, 5) is 10.7. The predicted octanol–water partition coefficient (Wildman–Crippen LogP) is 0.361. The molecule has 0 unspecified atom stereocenters. The van der Waals surface area contributed by atoms with E-state index in [1.54, 1.807) is 0 Å². The van der Waals surface area contributed by atoms with Crippen molar-refractivity contribution in [1.82, 2.24) is 15.1 Å². The van der Waals surface area contributed by atoms with Crippen LogP contribution in [0.4, 0.5) is 0 Å². The molecule has 4 nitrogen and oxygen atoms in total. The Labute approximate surface area is 76.9 Å². The van der Waals surface area contributed by atoms with E-state index in [4.69, 9.17) is 0 Å². The number of fused-ring (bicyclic) bond motifs is 1. The van der Waals surface area contributed by atoms with Crippen LogP contribution in [-0.4, -0.2) is 22.6 Å². The molecule has 1 aliphatic rings. The summed E-state index contributed by atoms with van der Waals surface area (Å²) in [5.74, 6) is 0. The number of hydrogen-bond donors (Lipinski definition) is 1. The largest absolute Gasteiger partial charge is 0.312 e. The Kier molecular flexibility index (Phi) is 2.14. The smallest absolute Gasteiger partial charge is 0.170 e. The molecule has 2 heterocycles. The third-order valence-corrected chi connectivity index (χ3v) is 2.45. The molecular formula is C9H13N3O. The maximum atomic E-state index is 10.7. The third kappa shape index (κ3) is 1.27. The molecule has 0 atom stereocenters. The van der Waals surface area contributed by atoms with Gasteiger partial charge >= 0.3 is 0 Å². The number of aryl methyl sites for hydroxylation is 1. The first-order chi connectivity index (χ1) is 6.36. The molecule has 0 amide bonds. The summed E-state index contributed by atoms with van der Waals surface area (Å²) in [7, 11) is 0. The Hall–Kier alpha value is -1.16. The number of hydrogen-bond acceptors (Lipinski definition) is 3. The number of carbonyl (C=O) groups is 1. The van der Waals surface area contributed by atoms with Crippen LogP contribution in [0, 0.1) is 0 Å². The zero-order chi connectivity index (χ0) is 9.26. The van der Waals surface area contributed by atoms with E-state index in [0.29, 0.717) is 5.69 Å². The van der Waals surface area contributed by atoms with Crippen molar-refractivity contribution in [3.05, 3.63) is 17.0 Å². The highest BCUT2D eigenvalue weighted by Crippen LogP contribution is 2.16. The van der Waals surface area contributed by atoms with E-state index >= 15 is 0 Å². The Morgan fingerprint density at radius 3 is 3.23 bits per heavy atom. The van der Waals surface area contributed by atoms with Crippen LogP contribution in [0.5, 0.6) is 0 Å². The molecule has 1 aromatic rings. The van der Waals surface area contributed by atoms with E-state index in [0.717, 1.165) is 37.9 Å². The SMILES string of the molecule is CCn1nc(C=O)c2c1CCNC2. The molecule has 0 aromatic carbocycles. The number of aldehydes is 1. The van der Waals surface area contributed by atoms with Crippen LogP contribution in [-0.2, 0) is 19.5 Å². The maximum Gasteiger partial charge on any atom is 0.170 e. The molecule has 2 rings (SSSR count). The minimum atomic E-state index is 0.601. The van der Waals surface area contributed by atoms with E-state index in [9.17, 15) is 4.79 Å². The molecule has 0 fully saturated rings. The van der Waals surface area contributed by atoms with Crippen LogP contribution in [0.1, 0.15) is 28.7 Å². The number of aromatic nitrogens is 2. The Morgan fingerprint density at radius 1 is 1.69 bits per heavy atom. The third-order valence-electron chi connectivity index (χ3n) is 2.45. The second-order valence-electron chi connectivity index (χ2n) is 3.17. The molecule has 4 heteroatoms. The van der Waals surface area contributed by atoms with Crippen LogP contribution in [0.3, 0.4) is 0 Å². The van der Waals surface area contributed by atoms with Gasteiger partial charge in [0.2, 0.25) is 0 Å². The van der Waals surface area contributed by atoms with E-state index in [1.807, 2.05) is 11.6 Å². The quantitative estimate of drug-likeness (QED) is 0.667. The van der Waals surface area contributed by atoms with Gasteiger partial charge < -0.3 is 5.32 Å². The van der Waals surface area contributed by atoms with Crippen molar-refractivity contribution >= 4 is 6.29 Å². The average Bonchev–Trinajstić information content (AvgIpc) is 2.56. The van der Waals surface area contributed by atoms with E-state index in [-0.39, 0.29) is 0 Å². The van der Waals surface area contributed by atoms with Gasteiger partial charge in [0.25, 0.3) is 0 Å². The zero-order valence-corrected chi connectivity index (χ0v) is 7.71. The van der Waals surface area contributed by atoms with Crippen molar-refractivity contribution in [1.29, 1.82) is 0 Å². The first kappa shape index (κ1) is 8.44. The van der Waals surface area contributed by atoms with Crippen molar-refractivity contribution < 1.29 is 4.79 Å². The number of carbonyl (C=O) groups excluding carboxylic acids is 1. The lowest BCUT2D eigenvalue weighted by Gasteiger charge is -2.14. The van der Waals surface area contributed by atoms with Crippen LogP contribution >= 0.6 is 0 Å². The van der Waals surface area contributed by atoms with Gasteiger partial charge in [0, 0.05) is 37.3 Å². The lowest BCUT2D eigenvalue weighted by Crippen LogP contribution is -2.25. The molecule has 1 aromatic heterocycles. The van der Waals surface area contributed by atoms with E-state index in [2.05, 4.69) is 10.4 Å². The van der Waals surface area contributed by atoms with Crippen molar-refractivity contribution in [2.75, 3.05) is 6.54 Å². The van der Waals surface area contributed by atoms with Gasteiger partial charge in [0.1, 0.15) is 5.69 Å². The van der Waals surface area contributed by atoms with Crippen LogP contribution in [0.15, 0.2) is 0 Å². The Bertz CT molecular complexity index is 330. The number of rotatable bonds is 2. The van der Waals surface area contributed by atoms with Gasteiger partial charge in [-0.15, -0.1) is 0 Å². The molecule has 0 saturated heterocycles. The summed E-state index contributed by atoms with van der Waals surface area (Å²) >= 11 is 0. The zero-order valence-electron chi connectivity index (χ0n) is 7.71. The van der Waals surface area contributed by atoms with E-state index < -0.39 is 0 Å². The fourth-order valence-electron chi connectivity index (χ4n) is 1.80. The highest BCUT2D eigenvalue weighted by molar-refractivity contribution is 5.74. The fraction of sp³-hybridized carbons (Fsp3) is 0.556. The first-order valence-corrected chi connectivity index (χ1v) is 4.61. The lowest BCUT2D eigenvalue weighted by molar-refractivity contribution is 0.111. The molecule has 0 spiro atoms. The van der Waals surface area contributed by atoms with Gasteiger partial charge in [0.05, 0.1) is 0 Å². The Morgan fingerprint density at radius 2 is 2.54 bits per heavy atom. The summed E-state index contributed by atoms with van der Waals surface area (Å²) in [5.41, 5.74) is 2.91. The highest BCUT2D eigenvalue weighted by Gasteiger charge is 2.18. The maximum absolute atomic E-state index is 10.7. The monoisotopic (exact) mass is 179 g/mol. The molecule has 70 valence electrons. The minimum absolute atomic E-state index is 0.601. The predicted molar refractivity (Wildman–Crippen MR) is 48.7 cm³/mol. The molecule has 1 aliphatic heterocycles. The van der Waals surface area contributed by atoms with Crippen LogP contribution < -0.4 is 5.32 Å². The first-order valence-electron chi connectivity index (χ1n) is 4.61. The molecule has 0 radical (unpaired) electrons. The molecule has 0 bridgehead atoms. The fourth-order valence-corrected chi connectivity index (χ4v) is 1.80. The summed E-state index contributed by atoms with van der Waals surface area (Å²) in [6.07, 6.45) is 1.82. The lowest BCUT2D eigenvalue weighted by atomic mass is 10.1. The van der Waals surface area contributed by atoms with Crippen LogP contribution in [0.2, 0.25) is 0 Å². The van der Waals surface area contributed by atoms with Gasteiger partial charge in [-0.05, 0) is 6.92 Å². The average molecular weight is 179 g/mol. The van der Waals surface area contributed by atoms with Crippen LogP contribution in [0.25, 0.3) is 0 Å². The molecule has 1 N–H and O–H groups in total. The van der Waals surface area contributed by atoms with Gasteiger partial charge in [-0.1, -0.05) is 0 Å². The molecule has 0 aliphatic carbocycles. The molecule has 0 saturated carbocycles. The van der Waals surface area contributed by atoms with Gasteiger partial charge in [0.15, 0.2) is 6.29 Å². The van der Waals surface area contributed by atoms with Gasteiger partial charge in [-0.3, -0.25) is 9.48 Å². The minimum Gasteiger partial charge on any atom is -0.312 e. The van der Waals surface area contributed by atoms with Crippen molar-refractivity contribution in [3.63, 3.8) is 0 Å². The standard InChI is InChI=1S/C9H13N3O/c1-2-12-9-3-4-10-5-7(9)8(6-13)11-12/h6,10H,2-5H2,1H3. The summed E-state index contributed by atoms with van der Waals surface area (Å²) in [5, 5.41) is 7.48. The normalized spacial score (nSPS) is 15.5. The van der Waals surface area contributed by atoms with Crippen molar-refractivity contribution in [2.24, 2.45) is 0 Å². The van der Waals surface area contributed by atoms with Crippen molar-refractivity contribution in [2.45, 2.75) is 26.4 Å². The second kappa shape index (κ2) is 3.30. The Balaban J connectivity index is 2.50. The molecule has 13 heavy (non-hydrogen) atoms. The highest BCUT2D eigenvalue weighted by atomic mass is 16.1. The topological polar surface area (TPSA) is 46.9 Å². The van der Waals surface area contributed by atoms with E-state index in [1.165, 1.54) is 5.69 Å². The number of nitrogens with zero attached hydrogens (tertiary/aromatic N) is 2. The summed E-state index contributed by atoms with van der Waals surface area (Å²) in [6, 6.07) is 0. The van der Waals surface area contributed by atoms with Gasteiger partial charge in [-0.25, -0.2) is 0 Å². The molecular weight excluding hydrogens is 166 g/mol. The van der Waals surface area contributed by atoms with Crippen molar-refractivity contribution in [3.8, 4) is 0 Å². The second-order valence-corrected chi connectivity index (χ2v) is 3.17. The summed E-state index contributed by atoms with van der Waals surface area (Å²) in [6.45, 7) is 4.65. The number of nitrogens with one attached hydrogen (secondary N) is 1.